The van der Waals surface area contributed by atoms with Crippen molar-refractivity contribution in [1.82, 2.24) is 4.90 Å². The summed E-state index contributed by atoms with van der Waals surface area (Å²) in [5.41, 5.74) is 3.17. The Morgan fingerprint density at radius 1 is 1.16 bits per heavy atom. The number of imide groups is 1. The summed E-state index contributed by atoms with van der Waals surface area (Å²) in [5, 5.41) is 2.20. The highest BCUT2D eigenvalue weighted by atomic mass is 32.2. The predicted molar refractivity (Wildman–Crippen MR) is 126 cm³/mol. The number of hydrogen-bond donors (Lipinski definition) is 1. The third kappa shape index (κ3) is 5.20. The molecule has 0 bridgehead atoms. The minimum atomic E-state index is -0.515. The number of anilines is 1. The summed E-state index contributed by atoms with van der Waals surface area (Å²) in [6, 6.07) is 10.8. The van der Waals surface area contributed by atoms with Crippen molar-refractivity contribution in [1.29, 1.82) is 0 Å². The van der Waals surface area contributed by atoms with Gasteiger partial charge < -0.3 is 14.8 Å². The Morgan fingerprint density at radius 3 is 2.50 bits per heavy atom. The van der Waals surface area contributed by atoms with Crippen LogP contribution in [0, 0.1) is 6.92 Å². The van der Waals surface area contributed by atoms with Gasteiger partial charge in [-0.3, -0.25) is 19.3 Å². The molecule has 0 spiro atoms. The molecule has 0 aromatic heterocycles. The molecule has 1 fully saturated rings. The molecule has 1 heterocycles. The van der Waals surface area contributed by atoms with E-state index in [9.17, 15) is 14.4 Å². The highest BCUT2D eigenvalue weighted by Crippen LogP contribution is 2.36. The molecule has 0 saturated carbocycles. The van der Waals surface area contributed by atoms with E-state index < -0.39 is 17.1 Å². The van der Waals surface area contributed by atoms with E-state index in [0.29, 0.717) is 29.2 Å². The van der Waals surface area contributed by atoms with Crippen molar-refractivity contribution in [3.05, 3.63) is 70.6 Å². The first-order valence-electron chi connectivity index (χ1n) is 9.84. The average Bonchev–Trinajstić information content (AvgIpc) is 3.02. The van der Waals surface area contributed by atoms with Crippen LogP contribution in [0.2, 0.25) is 0 Å². The molecule has 0 atom stereocenters. The van der Waals surface area contributed by atoms with Crippen LogP contribution >= 0.6 is 11.8 Å². The van der Waals surface area contributed by atoms with Crippen molar-refractivity contribution >= 4 is 40.6 Å². The maximum Gasteiger partial charge on any atom is 0.294 e. The molecule has 2 aromatic carbocycles. The minimum absolute atomic E-state index is 0.231. The third-order valence-corrected chi connectivity index (χ3v) is 5.66. The van der Waals surface area contributed by atoms with Crippen molar-refractivity contribution in [2.45, 2.75) is 13.3 Å². The molecule has 7 nitrogen and oxygen atoms in total. The lowest BCUT2D eigenvalue weighted by molar-refractivity contribution is -0.127. The van der Waals surface area contributed by atoms with E-state index in [1.54, 1.807) is 37.5 Å². The topological polar surface area (TPSA) is 84.9 Å². The highest BCUT2D eigenvalue weighted by molar-refractivity contribution is 8.18. The number of aryl methyl sites for hydroxylation is 1. The first-order chi connectivity index (χ1) is 15.4. The molecule has 1 saturated heterocycles. The number of rotatable bonds is 8. The van der Waals surface area contributed by atoms with E-state index in [0.717, 1.165) is 27.8 Å². The van der Waals surface area contributed by atoms with Gasteiger partial charge in [0, 0.05) is 11.3 Å². The van der Waals surface area contributed by atoms with E-state index in [4.69, 9.17) is 9.47 Å². The van der Waals surface area contributed by atoms with E-state index in [1.165, 1.54) is 7.11 Å². The van der Waals surface area contributed by atoms with Crippen LogP contribution in [-0.4, -0.2) is 42.7 Å². The Bertz CT molecular complexity index is 1090. The Labute approximate surface area is 191 Å². The van der Waals surface area contributed by atoms with Crippen LogP contribution < -0.4 is 14.8 Å². The summed E-state index contributed by atoms with van der Waals surface area (Å²) in [6.07, 6.45) is 3.89. The molecule has 166 valence electrons. The molecule has 2 aromatic rings. The first kappa shape index (κ1) is 23.1. The normalized spacial score (nSPS) is 14.6. The molecule has 1 aliphatic rings. The number of ether oxygens (including phenoxy) is 2. The Kier molecular flexibility index (Phi) is 7.37. The van der Waals surface area contributed by atoms with Crippen LogP contribution in [0.3, 0.4) is 0 Å². The number of nitrogens with zero attached hydrogens (tertiary/aromatic N) is 1. The second kappa shape index (κ2) is 10.2. The number of carbonyl (C=O) groups is 3. The minimum Gasteiger partial charge on any atom is -0.493 e. The lowest BCUT2D eigenvalue weighted by Crippen LogP contribution is -2.36. The molecule has 0 radical (unpaired) electrons. The van der Waals surface area contributed by atoms with Gasteiger partial charge in [0.1, 0.15) is 6.54 Å². The van der Waals surface area contributed by atoms with Gasteiger partial charge in [0.15, 0.2) is 11.5 Å². The maximum absolute atomic E-state index is 12.8. The predicted octanol–water partition coefficient (Wildman–Crippen LogP) is 4.42. The van der Waals surface area contributed by atoms with Gasteiger partial charge in [-0.1, -0.05) is 23.8 Å². The zero-order chi connectivity index (χ0) is 23.3. The maximum atomic E-state index is 12.8. The number of allylic oxidation sites excluding steroid dienone is 1. The summed E-state index contributed by atoms with van der Waals surface area (Å²) >= 11 is 0.796. The summed E-state index contributed by atoms with van der Waals surface area (Å²) in [6.45, 7) is 5.34. The molecule has 1 N–H and O–H groups in total. The Hall–Kier alpha value is -3.52. The summed E-state index contributed by atoms with van der Waals surface area (Å²) in [4.78, 5) is 38.7. The van der Waals surface area contributed by atoms with Gasteiger partial charge in [0.05, 0.1) is 19.1 Å². The molecule has 3 rings (SSSR count). The molecule has 3 amide bonds. The van der Waals surface area contributed by atoms with Gasteiger partial charge in [-0.25, -0.2) is 0 Å². The van der Waals surface area contributed by atoms with Crippen molar-refractivity contribution in [3.8, 4) is 11.5 Å². The van der Waals surface area contributed by atoms with Crippen molar-refractivity contribution in [2.75, 3.05) is 26.1 Å². The highest BCUT2D eigenvalue weighted by Gasteiger charge is 2.36. The Morgan fingerprint density at radius 2 is 1.88 bits per heavy atom. The largest absolute Gasteiger partial charge is 0.493 e. The van der Waals surface area contributed by atoms with Crippen LogP contribution in [0.25, 0.3) is 6.08 Å². The fourth-order valence-electron chi connectivity index (χ4n) is 3.23. The average molecular weight is 453 g/mol. The van der Waals surface area contributed by atoms with Crippen LogP contribution in [0.15, 0.2) is 54.0 Å². The van der Waals surface area contributed by atoms with Crippen LogP contribution in [0.4, 0.5) is 10.5 Å². The number of methoxy groups -OCH3 is 2. The van der Waals surface area contributed by atoms with Crippen LogP contribution in [0.5, 0.6) is 11.5 Å². The second-order valence-electron chi connectivity index (χ2n) is 7.09. The number of carbonyl (C=O) groups excluding carboxylic acids is 3. The molecule has 1 aliphatic heterocycles. The number of nitrogens with one attached hydrogen (secondary N) is 1. The summed E-state index contributed by atoms with van der Waals surface area (Å²) in [7, 11) is 3.08. The third-order valence-electron chi connectivity index (χ3n) is 4.75. The van der Waals surface area contributed by atoms with Crippen molar-refractivity contribution < 1.29 is 23.9 Å². The van der Waals surface area contributed by atoms with Gasteiger partial charge in [-0.2, -0.15) is 0 Å². The fraction of sp³-hybridized carbons (Fsp3) is 0.208. The SMILES string of the molecule is C=CCc1cc(C=C2SC(=O)N(CC(=O)Nc3ccc(C)cc3)C2=O)cc(OC)c1OC. The summed E-state index contributed by atoms with van der Waals surface area (Å²) in [5.74, 6) is 0.135. The van der Waals surface area contributed by atoms with Gasteiger partial charge in [0.2, 0.25) is 5.91 Å². The number of benzene rings is 2. The number of amides is 3. The van der Waals surface area contributed by atoms with Gasteiger partial charge in [-0.15, -0.1) is 6.58 Å². The Balaban J connectivity index is 1.79. The zero-order valence-corrected chi connectivity index (χ0v) is 19.0. The van der Waals surface area contributed by atoms with Gasteiger partial charge >= 0.3 is 0 Å². The lowest BCUT2D eigenvalue weighted by atomic mass is 10.0. The van der Waals surface area contributed by atoms with E-state index in [2.05, 4.69) is 11.9 Å². The second-order valence-corrected chi connectivity index (χ2v) is 8.08. The first-order valence-corrected chi connectivity index (χ1v) is 10.7. The van der Waals surface area contributed by atoms with E-state index in [-0.39, 0.29) is 11.4 Å². The van der Waals surface area contributed by atoms with Gasteiger partial charge in [-0.05, 0) is 61.0 Å². The zero-order valence-electron chi connectivity index (χ0n) is 18.1. The van der Waals surface area contributed by atoms with E-state index in [1.807, 2.05) is 25.1 Å². The van der Waals surface area contributed by atoms with Crippen molar-refractivity contribution in [3.63, 3.8) is 0 Å². The van der Waals surface area contributed by atoms with Gasteiger partial charge in [0.25, 0.3) is 11.1 Å². The molecule has 8 heteroatoms. The molecule has 32 heavy (non-hydrogen) atoms. The molecular formula is C24H24N2O5S. The summed E-state index contributed by atoms with van der Waals surface area (Å²) < 4.78 is 10.8. The number of thioether (sulfide) groups is 1. The molecule has 0 aliphatic carbocycles. The van der Waals surface area contributed by atoms with E-state index >= 15 is 0 Å². The fourth-order valence-corrected chi connectivity index (χ4v) is 4.06. The number of hydrogen-bond acceptors (Lipinski definition) is 6. The molecular weight excluding hydrogens is 428 g/mol. The standard InChI is InChI=1S/C24H24N2O5S/c1-5-6-17-11-16(12-19(30-3)22(17)31-4)13-20-23(28)26(24(29)32-20)14-21(27)25-18-9-7-15(2)8-10-18/h5,7-13H,1,6,14H2,2-4H3,(H,25,27). The monoisotopic (exact) mass is 452 g/mol. The smallest absolute Gasteiger partial charge is 0.294 e. The molecule has 0 unspecified atom stereocenters. The quantitative estimate of drug-likeness (QED) is 0.472. The van der Waals surface area contributed by atoms with Crippen LogP contribution in [-0.2, 0) is 16.0 Å². The van der Waals surface area contributed by atoms with Crippen LogP contribution in [0.1, 0.15) is 16.7 Å². The lowest BCUT2D eigenvalue weighted by Gasteiger charge is -2.13. The van der Waals surface area contributed by atoms with Crippen molar-refractivity contribution in [2.24, 2.45) is 0 Å².